The van der Waals surface area contributed by atoms with Gasteiger partial charge in [-0.2, -0.15) is 29.3 Å². The molecule has 0 amide bonds. The Bertz CT molecular complexity index is 1510. The molecule has 2 unspecified atom stereocenters. The quantitative estimate of drug-likeness (QED) is 0.216. The minimum absolute atomic E-state index is 0. The van der Waals surface area contributed by atoms with Gasteiger partial charge >= 0.3 is 104 Å². The van der Waals surface area contributed by atoms with E-state index in [9.17, 15) is 0 Å². The first-order valence-electron chi connectivity index (χ1n) is 19.7. The van der Waals surface area contributed by atoms with Crippen molar-refractivity contribution in [3.05, 3.63) is 101 Å². The normalized spacial score (nSPS) is 27.5. The van der Waals surface area contributed by atoms with Crippen molar-refractivity contribution in [2.45, 2.75) is 150 Å². The van der Waals surface area contributed by atoms with E-state index in [1.54, 1.807) is 103 Å². The van der Waals surface area contributed by atoms with Crippen LogP contribution in [0.2, 0.25) is 11.1 Å². The fourth-order valence-corrected chi connectivity index (χ4v) is 20.0. The summed E-state index contributed by atoms with van der Waals surface area (Å²) in [7, 11) is 0. The number of rotatable bonds is 2. The Morgan fingerprint density at radius 1 is 0.740 bits per heavy atom. The van der Waals surface area contributed by atoms with E-state index in [4.69, 9.17) is 0 Å². The van der Waals surface area contributed by atoms with Crippen LogP contribution in [-0.2, 0) is 29.4 Å². The van der Waals surface area contributed by atoms with Gasteiger partial charge in [0.05, 0.1) is 0 Å². The third-order valence-corrected chi connectivity index (χ3v) is 27.2. The van der Waals surface area contributed by atoms with Crippen LogP contribution in [0.5, 0.6) is 0 Å². The van der Waals surface area contributed by atoms with Gasteiger partial charge < -0.3 is 24.8 Å². The van der Waals surface area contributed by atoms with Crippen LogP contribution < -0.4 is 24.8 Å². The van der Waals surface area contributed by atoms with Crippen molar-refractivity contribution < 1.29 is 47.8 Å². The molecule has 0 spiro atoms. The van der Waals surface area contributed by atoms with E-state index in [-0.39, 0.29) is 52.0 Å². The van der Waals surface area contributed by atoms with Crippen molar-refractivity contribution in [3.8, 4) is 0 Å². The fraction of sp³-hybridized carbons (Fsp3) is 0.609. The van der Waals surface area contributed by atoms with Crippen LogP contribution in [-0.4, -0.2) is 5.49 Å². The van der Waals surface area contributed by atoms with E-state index in [2.05, 4.69) is 91.8 Å². The summed E-state index contributed by atoms with van der Waals surface area (Å²) in [6.45, 7) is 20.3. The van der Waals surface area contributed by atoms with Gasteiger partial charge in [0.15, 0.2) is 0 Å². The SMILES string of the molecule is C[C-]1C2=C3Cc4ccccc4C3=C3C=CCCC3C2(C)C(C)(C)C(C)(C)C1(C)C.[Cl-].[Cl-].[Hf+2]=[Si](C1CCCCC1)C1CCCCC1.c1cc[cH-]c1. The van der Waals surface area contributed by atoms with Crippen LogP contribution in [0.3, 0.4) is 0 Å². The topological polar surface area (TPSA) is 0 Å². The van der Waals surface area contributed by atoms with E-state index in [0.717, 1.165) is 6.42 Å². The molecule has 50 heavy (non-hydrogen) atoms. The maximum Gasteiger partial charge on any atom is -0.172 e. The van der Waals surface area contributed by atoms with Crippen LogP contribution in [0.25, 0.3) is 5.57 Å². The van der Waals surface area contributed by atoms with Gasteiger partial charge in [0.2, 0.25) is 0 Å². The van der Waals surface area contributed by atoms with Gasteiger partial charge in [-0.05, 0) is 40.6 Å². The average molecular weight is 894 g/mol. The Hall–Kier alpha value is -0.673. The predicted octanol–water partition coefficient (Wildman–Crippen LogP) is 7.57. The van der Waals surface area contributed by atoms with Crippen molar-refractivity contribution in [1.82, 2.24) is 0 Å². The van der Waals surface area contributed by atoms with Gasteiger partial charge in [-0.15, -0.1) is 6.92 Å². The molecule has 0 radical (unpaired) electrons. The molecule has 0 heterocycles. The predicted molar refractivity (Wildman–Crippen MR) is 206 cm³/mol. The molecule has 0 bridgehead atoms. The monoisotopic (exact) mass is 894 g/mol. The van der Waals surface area contributed by atoms with E-state index in [0.29, 0.717) is 5.92 Å². The van der Waals surface area contributed by atoms with E-state index in [1.165, 1.54) is 47.9 Å². The van der Waals surface area contributed by atoms with Gasteiger partial charge in [0, 0.05) is 0 Å². The zero-order chi connectivity index (χ0) is 34.3. The molecule has 0 aliphatic heterocycles. The summed E-state index contributed by atoms with van der Waals surface area (Å²) in [5.74, 6) is 2.24. The Morgan fingerprint density at radius 3 is 1.84 bits per heavy atom. The van der Waals surface area contributed by atoms with Crippen molar-refractivity contribution in [2.24, 2.45) is 27.6 Å². The maximum atomic E-state index is 2.62. The first-order valence-corrected chi connectivity index (χ1v) is 26.7. The minimum Gasteiger partial charge on any atom is -0.214 e. The van der Waals surface area contributed by atoms with Crippen molar-refractivity contribution in [1.29, 1.82) is 0 Å². The molecule has 8 rings (SSSR count). The molecule has 6 aliphatic carbocycles. The van der Waals surface area contributed by atoms with Crippen molar-refractivity contribution in [3.63, 3.8) is 0 Å². The number of hydrogen-bond acceptors (Lipinski definition) is 0. The first-order chi connectivity index (χ1) is 22.9. The van der Waals surface area contributed by atoms with Gasteiger partial charge in [0.1, 0.15) is 0 Å². The van der Waals surface area contributed by atoms with Gasteiger partial charge in [0.25, 0.3) is 0 Å². The molecule has 272 valence electrons. The summed E-state index contributed by atoms with van der Waals surface area (Å²) in [5, 5.41) is 0. The number of halogens is 2. The molecule has 3 fully saturated rings. The molecule has 2 aromatic rings. The molecule has 2 atom stereocenters. The second-order valence-electron chi connectivity index (χ2n) is 17.8. The second-order valence-corrected chi connectivity index (χ2v) is 26.6. The molecule has 2 aromatic carbocycles. The fourth-order valence-electron chi connectivity index (χ4n) is 11.0. The zero-order valence-corrected chi connectivity index (χ0v) is 38.6. The third kappa shape index (κ3) is 7.13. The number of fused-ring (bicyclic) bond motifs is 6. The summed E-state index contributed by atoms with van der Waals surface area (Å²) in [6, 6.07) is 19.2. The summed E-state index contributed by atoms with van der Waals surface area (Å²) >= 11 is 1.57. The summed E-state index contributed by atoms with van der Waals surface area (Å²) in [6.07, 6.45) is 24.3. The molecule has 0 N–H and O–H groups in total. The Labute approximate surface area is 334 Å². The van der Waals surface area contributed by atoms with Crippen LogP contribution >= 0.6 is 0 Å². The summed E-state index contributed by atoms with van der Waals surface area (Å²) in [5.41, 5.74) is 13.0. The molecule has 4 heteroatoms. The van der Waals surface area contributed by atoms with E-state index < -0.39 is 0 Å². The maximum absolute atomic E-state index is 2.62. The van der Waals surface area contributed by atoms with Crippen LogP contribution in [0.15, 0.2) is 83.5 Å². The zero-order valence-electron chi connectivity index (χ0n) is 32.5. The van der Waals surface area contributed by atoms with Crippen molar-refractivity contribution >= 4 is 11.1 Å². The smallest absolute Gasteiger partial charge is 0.172 e. The molecule has 0 aromatic heterocycles. The van der Waals surface area contributed by atoms with Gasteiger partial charge in [-0.25, -0.2) is 18.1 Å². The summed E-state index contributed by atoms with van der Waals surface area (Å²) < 4.78 is 0. The number of allylic oxidation sites excluding steroid dienone is 6. The summed E-state index contributed by atoms with van der Waals surface area (Å²) in [4.78, 5) is 0. The van der Waals surface area contributed by atoms with E-state index >= 15 is 0 Å². The number of hydrogen-bond donors (Lipinski definition) is 0. The molecule has 0 nitrogen and oxygen atoms in total. The number of benzene rings is 1. The van der Waals surface area contributed by atoms with Crippen LogP contribution in [0.1, 0.15) is 144 Å². The second kappa shape index (κ2) is 16.8. The average Bonchev–Trinajstić information content (AvgIpc) is 3.81. The standard InChI is InChI=1S/C29H37.C12H22Si.C5H5.2ClH.Hf/c1-18-25-22-17-19-13-9-10-14-20(19)24(22)21-15-11-12-16-23(21)29(25,8)28(6,7)27(4,5)26(18,2)3;1-3-7-11(8-4-1)13-12-9-5-2-6-10-12;1-2-4-5-3-1;;;/h9-11,13-15,23H,12,16-17H2,1-8H3;11-12H,1-10H2;1-5H;2*1H;/q-1;;-1;;;+2/p-2. The third-order valence-electron chi connectivity index (χ3n) is 15.4. The molecule has 3 saturated carbocycles. The minimum atomic E-state index is 0. The van der Waals surface area contributed by atoms with Gasteiger partial charge in [-0.3, -0.25) is 0 Å². The molecule has 0 saturated heterocycles. The van der Waals surface area contributed by atoms with Crippen LogP contribution in [0, 0.1) is 33.5 Å². The molecular weight excluding hydrogens is 830 g/mol. The Morgan fingerprint density at radius 2 is 1.30 bits per heavy atom. The first kappa shape index (κ1) is 42.1. The van der Waals surface area contributed by atoms with Gasteiger partial charge in [-0.1, -0.05) is 113 Å². The Balaban J connectivity index is 0.000000223. The molecular formula is C46H64Cl2HfSi-2. The van der Waals surface area contributed by atoms with E-state index in [1.807, 2.05) is 30.3 Å². The van der Waals surface area contributed by atoms with Crippen molar-refractivity contribution in [2.75, 3.05) is 0 Å². The Kier molecular flexibility index (Phi) is 14.1. The molecule has 6 aliphatic rings. The largest absolute Gasteiger partial charge is 0.214 e. The van der Waals surface area contributed by atoms with Crippen LogP contribution in [0.4, 0.5) is 0 Å².